The van der Waals surface area contributed by atoms with Crippen LogP contribution in [-0.4, -0.2) is 0 Å². The number of benzene rings is 1. The molecular formula is C9H11F3N2. The van der Waals surface area contributed by atoms with Gasteiger partial charge in [-0.05, 0) is 24.6 Å². The predicted molar refractivity (Wildman–Crippen MR) is 47.2 cm³/mol. The zero-order valence-corrected chi connectivity index (χ0v) is 7.60. The molecule has 0 saturated carbocycles. The molecule has 1 aromatic rings. The van der Waals surface area contributed by atoms with E-state index >= 15 is 0 Å². The van der Waals surface area contributed by atoms with Gasteiger partial charge in [-0.15, -0.1) is 0 Å². The van der Waals surface area contributed by atoms with Gasteiger partial charge in [0.05, 0.1) is 5.56 Å². The van der Waals surface area contributed by atoms with Gasteiger partial charge < -0.3 is 0 Å². The van der Waals surface area contributed by atoms with Gasteiger partial charge in [0.15, 0.2) is 0 Å². The van der Waals surface area contributed by atoms with Gasteiger partial charge in [-0.25, -0.2) is 0 Å². The molecular weight excluding hydrogens is 193 g/mol. The van der Waals surface area contributed by atoms with Crippen LogP contribution in [0.1, 0.15) is 24.1 Å². The minimum atomic E-state index is -4.28. The topological polar surface area (TPSA) is 38.0 Å². The van der Waals surface area contributed by atoms with Gasteiger partial charge in [0, 0.05) is 6.04 Å². The Morgan fingerprint density at radius 3 is 2.07 bits per heavy atom. The van der Waals surface area contributed by atoms with E-state index in [1.54, 1.807) is 6.92 Å². The summed E-state index contributed by atoms with van der Waals surface area (Å²) in [5, 5.41) is 0. The molecule has 14 heavy (non-hydrogen) atoms. The maximum absolute atomic E-state index is 12.2. The van der Waals surface area contributed by atoms with Gasteiger partial charge in [-0.3, -0.25) is 11.3 Å². The van der Waals surface area contributed by atoms with Crippen molar-refractivity contribution in [2.75, 3.05) is 0 Å². The minimum Gasteiger partial charge on any atom is -0.271 e. The molecule has 0 spiro atoms. The number of nitrogens with two attached hydrogens (primary N) is 1. The van der Waals surface area contributed by atoms with E-state index in [0.717, 1.165) is 17.7 Å². The maximum atomic E-state index is 12.2. The molecule has 0 heterocycles. The van der Waals surface area contributed by atoms with Crippen LogP contribution in [0.15, 0.2) is 24.3 Å². The summed E-state index contributed by atoms with van der Waals surface area (Å²) in [6, 6.07) is 4.75. The molecule has 0 fully saturated rings. The molecule has 0 aliphatic carbocycles. The first-order valence-electron chi connectivity index (χ1n) is 4.08. The Labute approximate surface area is 79.9 Å². The van der Waals surface area contributed by atoms with Crippen molar-refractivity contribution in [1.82, 2.24) is 5.43 Å². The van der Waals surface area contributed by atoms with Crippen molar-refractivity contribution < 1.29 is 13.2 Å². The molecule has 1 rings (SSSR count). The molecule has 0 saturated heterocycles. The summed E-state index contributed by atoms with van der Waals surface area (Å²) < 4.78 is 36.5. The van der Waals surface area contributed by atoms with Crippen LogP contribution in [0.5, 0.6) is 0 Å². The Morgan fingerprint density at radius 2 is 1.71 bits per heavy atom. The molecule has 1 aromatic carbocycles. The number of hydrogen-bond donors (Lipinski definition) is 2. The van der Waals surface area contributed by atoms with Crippen LogP contribution in [0.3, 0.4) is 0 Å². The third-order valence-electron chi connectivity index (χ3n) is 1.99. The van der Waals surface area contributed by atoms with Gasteiger partial charge >= 0.3 is 6.18 Å². The smallest absolute Gasteiger partial charge is 0.271 e. The molecule has 0 unspecified atom stereocenters. The van der Waals surface area contributed by atoms with Gasteiger partial charge in [-0.1, -0.05) is 12.1 Å². The first kappa shape index (κ1) is 11.0. The number of rotatable bonds is 2. The predicted octanol–water partition coefficient (Wildman–Crippen LogP) is 2.23. The Hall–Kier alpha value is -1.07. The standard InChI is InChI=1S/C9H11F3N2/c1-6(14-13)7-2-4-8(5-3-7)9(10,11)12/h2-6,14H,13H2,1H3/t6-/m1/s1. The lowest BCUT2D eigenvalue weighted by molar-refractivity contribution is -0.137. The van der Waals surface area contributed by atoms with Gasteiger partial charge in [-0.2, -0.15) is 13.2 Å². The lowest BCUT2D eigenvalue weighted by atomic mass is 10.1. The molecule has 2 nitrogen and oxygen atoms in total. The fraction of sp³-hybridized carbons (Fsp3) is 0.333. The highest BCUT2D eigenvalue weighted by atomic mass is 19.4. The number of alkyl halides is 3. The molecule has 0 radical (unpaired) electrons. The summed E-state index contributed by atoms with van der Waals surface area (Å²) in [5.41, 5.74) is 2.53. The Bertz CT molecular complexity index is 292. The molecule has 0 aromatic heterocycles. The van der Waals surface area contributed by atoms with Crippen LogP contribution in [0.25, 0.3) is 0 Å². The number of hydrazine groups is 1. The number of nitrogens with one attached hydrogen (secondary N) is 1. The van der Waals surface area contributed by atoms with Crippen molar-refractivity contribution in [1.29, 1.82) is 0 Å². The zero-order valence-electron chi connectivity index (χ0n) is 7.60. The van der Waals surface area contributed by atoms with Crippen LogP contribution in [0.2, 0.25) is 0 Å². The van der Waals surface area contributed by atoms with Gasteiger partial charge in [0.2, 0.25) is 0 Å². The average molecular weight is 204 g/mol. The fourth-order valence-corrected chi connectivity index (χ4v) is 1.06. The number of halogens is 3. The van der Waals surface area contributed by atoms with E-state index < -0.39 is 11.7 Å². The van der Waals surface area contributed by atoms with E-state index in [1.165, 1.54) is 12.1 Å². The highest BCUT2D eigenvalue weighted by molar-refractivity contribution is 5.26. The Morgan fingerprint density at radius 1 is 1.21 bits per heavy atom. The van der Waals surface area contributed by atoms with Crippen LogP contribution >= 0.6 is 0 Å². The summed E-state index contributed by atoms with van der Waals surface area (Å²) in [6.07, 6.45) is -4.28. The van der Waals surface area contributed by atoms with E-state index in [0.29, 0.717) is 0 Å². The first-order valence-corrected chi connectivity index (χ1v) is 4.08. The molecule has 78 valence electrons. The molecule has 0 amide bonds. The zero-order chi connectivity index (χ0) is 10.8. The normalized spacial score (nSPS) is 14.1. The van der Waals surface area contributed by atoms with E-state index in [1.807, 2.05) is 0 Å². The lowest BCUT2D eigenvalue weighted by Gasteiger charge is -2.11. The van der Waals surface area contributed by atoms with E-state index in [-0.39, 0.29) is 6.04 Å². The highest BCUT2D eigenvalue weighted by Crippen LogP contribution is 2.29. The quantitative estimate of drug-likeness (QED) is 0.572. The second kappa shape index (κ2) is 3.98. The van der Waals surface area contributed by atoms with Crippen molar-refractivity contribution in [2.24, 2.45) is 5.84 Å². The van der Waals surface area contributed by atoms with Crippen LogP contribution in [-0.2, 0) is 6.18 Å². The second-order valence-corrected chi connectivity index (χ2v) is 3.01. The van der Waals surface area contributed by atoms with Gasteiger partial charge in [0.25, 0.3) is 0 Å². The average Bonchev–Trinajstić information content (AvgIpc) is 2.15. The number of hydrogen-bond acceptors (Lipinski definition) is 2. The van der Waals surface area contributed by atoms with Crippen molar-refractivity contribution in [3.05, 3.63) is 35.4 Å². The van der Waals surface area contributed by atoms with E-state index in [2.05, 4.69) is 5.43 Å². The minimum absolute atomic E-state index is 0.155. The van der Waals surface area contributed by atoms with E-state index in [4.69, 9.17) is 5.84 Å². The first-order chi connectivity index (χ1) is 6.45. The second-order valence-electron chi connectivity index (χ2n) is 3.01. The molecule has 0 bridgehead atoms. The molecule has 5 heteroatoms. The maximum Gasteiger partial charge on any atom is 0.416 e. The SMILES string of the molecule is C[C@@H](NN)c1ccc(C(F)(F)F)cc1. The molecule has 3 N–H and O–H groups in total. The van der Waals surface area contributed by atoms with E-state index in [9.17, 15) is 13.2 Å². The largest absolute Gasteiger partial charge is 0.416 e. The molecule has 0 aliphatic rings. The third kappa shape index (κ3) is 2.46. The summed E-state index contributed by atoms with van der Waals surface area (Å²) in [4.78, 5) is 0. The Kier molecular flexibility index (Phi) is 3.13. The highest BCUT2D eigenvalue weighted by Gasteiger charge is 2.29. The summed E-state index contributed by atoms with van der Waals surface area (Å²) in [6.45, 7) is 1.77. The summed E-state index contributed by atoms with van der Waals surface area (Å²) >= 11 is 0. The van der Waals surface area contributed by atoms with Crippen molar-refractivity contribution in [3.8, 4) is 0 Å². The van der Waals surface area contributed by atoms with Crippen molar-refractivity contribution >= 4 is 0 Å². The fourth-order valence-electron chi connectivity index (χ4n) is 1.06. The summed E-state index contributed by atoms with van der Waals surface area (Å²) in [5.74, 6) is 5.16. The lowest BCUT2D eigenvalue weighted by Crippen LogP contribution is -2.25. The van der Waals surface area contributed by atoms with Crippen LogP contribution in [0, 0.1) is 0 Å². The van der Waals surface area contributed by atoms with Crippen LogP contribution in [0.4, 0.5) is 13.2 Å². The van der Waals surface area contributed by atoms with Crippen LogP contribution < -0.4 is 11.3 Å². The Balaban J connectivity index is 2.89. The van der Waals surface area contributed by atoms with Crippen molar-refractivity contribution in [2.45, 2.75) is 19.1 Å². The third-order valence-corrected chi connectivity index (χ3v) is 1.99. The molecule has 1 atom stereocenters. The molecule has 0 aliphatic heterocycles. The monoisotopic (exact) mass is 204 g/mol. The summed E-state index contributed by atoms with van der Waals surface area (Å²) in [7, 11) is 0. The van der Waals surface area contributed by atoms with Gasteiger partial charge in [0.1, 0.15) is 0 Å². The van der Waals surface area contributed by atoms with Crippen molar-refractivity contribution in [3.63, 3.8) is 0 Å².